The number of rotatable bonds is 3. The van der Waals surface area contributed by atoms with Crippen LogP contribution in [0.5, 0.6) is 0 Å². The van der Waals surface area contributed by atoms with E-state index in [0.29, 0.717) is 5.69 Å². The molecule has 1 aromatic heterocycles. The van der Waals surface area contributed by atoms with Crippen molar-refractivity contribution < 1.29 is 27.8 Å². The van der Waals surface area contributed by atoms with Crippen molar-refractivity contribution in [2.75, 3.05) is 5.32 Å². The number of aryl methyl sites for hydroxylation is 2. The van der Waals surface area contributed by atoms with Gasteiger partial charge in [0.25, 0.3) is 0 Å². The summed E-state index contributed by atoms with van der Waals surface area (Å²) in [7, 11) is 1.74. The summed E-state index contributed by atoms with van der Waals surface area (Å²) in [5, 5.41) is 26.0. The van der Waals surface area contributed by atoms with Crippen molar-refractivity contribution in [2.45, 2.75) is 43.8 Å². The van der Waals surface area contributed by atoms with Gasteiger partial charge >= 0.3 is 6.18 Å². The van der Waals surface area contributed by atoms with E-state index < -0.39 is 53.4 Å². The van der Waals surface area contributed by atoms with Gasteiger partial charge in [-0.15, -0.1) is 0 Å². The number of carbonyl (C=O) groups is 1. The summed E-state index contributed by atoms with van der Waals surface area (Å²) < 4.78 is 47.1. The van der Waals surface area contributed by atoms with Gasteiger partial charge in [-0.25, -0.2) is 0 Å². The second-order valence-electron chi connectivity index (χ2n) is 7.70. The second-order valence-corrected chi connectivity index (χ2v) is 7.70. The fraction of sp³-hybridized carbons (Fsp3) is 0.450. The SMILES string of the molecule is Cc1nn(C)cc1[C@H]1[C@H]2O[C@H](C[C@@H]2O)[C@@H]1C(=O)Nc1ccc(C#N)c(C(F)(F)F)c1. The molecule has 5 atom stereocenters. The smallest absolute Gasteiger partial charge is 0.390 e. The summed E-state index contributed by atoms with van der Waals surface area (Å²) in [6.45, 7) is 1.79. The van der Waals surface area contributed by atoms with E-state index in [2.05, 4.69) is 10.4 Å². The number of nitrogens with one attached hydrogen (secondary N) is 1. The number of ether oxygens (including phenoxy) is 1. The number of halogens is 3. The number of aliphatic hydroxyl groups excluding tert-OH is 1. The number of aliphatic hydroxyl groups is 1. The van der Waals surface area contributed by atoms with Crippen molar-refractivity contribution in [1.82, 2.24) is 9.78 Å². The first-order valence-electron chi connectivity index (χ1n) is 9.36. The molecule has 7 nitrogen and oxygen atoms in total. The van der Waals surface area contributed by atoms with E-state index in [4.69, 9.17) is 10.00 Å². The van der Waals surface area contributed by atoms with Crippen LogP contribution >= 0.6 is 0 Å². The summed E-state index contributed by atoms with van der Waals surface area (Å²) in [5.74, 6) is -1.65. The van der Waals surface area contributed by atoms with Gasteiger partial charge < -0.3 is 15.2 Å². The normalized spacial score (nSPS) is 27.8. The Bertz CT molecular complexity index is 1040. The van der Waals surface area contributed by atoms with Crippen molar-refractivity contribution >= 4 is 11.6 Å². The molecular formula is C20H19F3N4O3. The number of benzene rings is 1. The standard InChI is InChI=1S/C20H19F3N4O3/c1-9-12(8-27(2)26-9)16-17(15-6-14(28)18(16)30-15)19(29)25-11-4-3-10(7-24)13(5-11)20(21,22)23/h3-5,8,14-18,28H,6H2,1-2H3,(H,25,29)/t14-,15+,16+,17-,18-/m0/s1. The molecule has 4 rings (SSSR count). The largest absolute Gasteiger partial charge is 0.417 e. The lowest BCUT2D eigenvalue weighted by Crippen LogP contribution is -2.41. The highest BCUT2D eigenvalue weighted by Gasteiger charge is 2.57. The molecule has 2 aliphatic heterocycles. The third-order valence-corrected chi connectivity index (χ3v) is 5.75. The molecular weight excluding hydrogens is 401 g/mol. The average Bonchev–Trinajstić information content (AvgIpc) is 3.32. The predicted molar refractivity (Wildman–Crippen MR) is 98.2 cm³/mol. The monoisotopic (exact) mass is 420 g/mol. The van der Waals surface area contributed by atoms with Crippen LogP contribution in [-0.2, 0) is 22.8 Å². The lowest BCUT2D eigenvalue weighted by Gasteiger charge is -2.29. The molecule has 0 saturated carbocycles. The summed E-state index contributed by atoms with van der Waals surface area (Å²) in [6.07, 6.45) is -4.54. The van der Waals surface area contributed by atoms with E-state index in [-0.39, 0.29) is 12.1 Å². The van der Waals surface area contributed by atoms with Gasteiger partial charge in [-0.3, -0.25) is 9.48 Å². The molecule has 158 valence electrons. The van der Waals surface area contributed by atoms with Crippen molar-refractivity contribution in [2.24, 2.45) is 13.0 Å². The molecule has 2 saturated heterocycles. The minimum Gasteiger partial charge on any atom is -0.390 e. The molecule has 2 fully saturated rings. The van der Waals surface area contributed by atoms with E-state index in [0.717, 1.165) is 17.7 Å². The van der Waals surface area contributed by atoms with Crippen LogP contribution in [0.2, 0.25) is 0 Å². The Morgan fingerprint density at radius 3 is 2.77 bits per heavy atom. The molecule has 2 N–H and O–H groups in total. The second kappa shape index (κ2) is 7.11. The van der Waals surface area contributed by atoms with E-state index in [1.807, 2.05) is 0 Å². The minimum absolute atomic E-state index is 0.0590. The number of nitrogens with zero attached hydrogens (tertiary/aromatic N) is 3. The van der Waals surface area contributed by atoms with Gasteiger partial charge in [0.2, 0.25) is 5.91 Å². The zero-order chi connectivity index (χ0) is 21.8. The van der Waals surface area contributed by atoms with Crippen LogP contribution in [-0.4, -0.2) is 39.1 Å². The Morgan fingerprint density at radius 2 is 2.17 bits per heavy atom. The molecule has 0 spiro atoms. The number of amides is 1. The number of alkyl halides is 3. The van der Waals surface area contributed by atoms with Crippen LogP contribution in [0.15, 0.2) is 24.4 Å². The Balaban J connectivity index is 1.64. The summed E-state index contributed by atoms with van der Waals surface area (Å²) >= 11 is 0. The van der Waals surface area contributed by atoms with Crippen LogP contribution < -0.4 is 5.32 Å². The van der Waals surface area contributed by atoms with E-state index in [1.165, 1.54) is 12.1 Å². The number of nitriles is 1. The molecule has 1 aromatic carbocycles. The molecule has 1 amide bonds. The quantitative estimate of drug-likeness (QED) is 0.795. The van der Waals surface area contributed by atoms with Crippen LogP contribution in [0.25, 0.3) is 0 Å². The maximum atomic E-state index is 13.2. The van der Waals surface area contributed by atoms with Crippen LogP contribution in [0, 0.1) is 24.2 Å². The van der Waals surface area contributed by atoms with Gasteiger partial charge in [0.15, 0.2) is 0 Å². The van der Waals surface area contributed by atoms with Crippen molar-refractivity contribution in [3.63, 3.8) is 0 Å². The summed E-state index contributed by atoms with van der Waals surface area (Å²) in [6, 6.07) is 4.56. The van der Waals surface area contributed by atoms with Crippen LogP contribution in [0.4, 0.5) is 18.9 Å². The number of hydrogen-bond acceptors (Lipinski definition) is 5. The fourth-order valence-electron chi connectivity index (χ4n) is 4.54. The molecule has 0 radical (unpaired) electrons. The maximum absolute atomic E-state index is 13.2. The van der Waals surface area contributed by atoms with Crippen molar-refractivity contribution in [3.05, 3.63) is 46.8 Å². The topological polar surface area (TPSA) is 100 Å². The zero-order valence-corrected chi connectivity index (χ0v) is 16.1. The molecule has 2 aromatic rings. The highest BCUT2D eigenvalue weighted by Crippen LogP contribution is 2.50. The molecule has 30 heavy (non-hydrogen) atoms. The number of fused-ring (bicyclic) bond motifs is 2. The van der Waals surface area contributed by atoms with Gasteiger partial charge in [-0.1, -0.05) is 0 Å². The third-order valence-electron chi connectivity index (χ3n) is 5.75. The van der Waals surface area contributed by atoms with Gasteiger partial charge in [-0.05, 0) is 30.7 Å². The van der Waals surface area contributed by atoms with Crippen LogP contribution in [0.1, 0.15) is 34.7 Å². The zero-order valence-electron chi connectivity index (χ0n) is 16.1. The Hall–Kier alpha value is -2.90. The van der Waals surface area contributed by atoms with E-state index in [1.54, 1.807) is 24.9 Å². The molecule has 3 heterocycles. The number of hydrogen-bond donors (Lipinski definition) is 2. The average molecular weight is 420 g/mol. The maximum Gasteiger partial charge on any atom is 0.417 e. The Kier molecular flexibility index (Phi) is 4.83. The Morgan fingerprint density at radius 1 is 1.43 bits per heavy atom. The highest BCUT2D eigenvalue weighted by molar-refractivity contribution is 5.94. The fourth-order valence-corrected chi connectivity index (χ4v) is 4.54. The molecule has 2 bridgehead atoms. The predicted octanol–water partition coefficient (Wildman–Crippen LogP) is 2.49. The first kappa shape index (κ1) is 20.4. The first-order valence-corrected chi connectivity index (χ1v) is 9.36. The molecule has 0 unspecified atom stereocenters. The number of aromatic nitrogens is 2. The summed E-state index contributed by atoms with van der Waals surface area (Å²) in [4.78, 5) is 13.1. The molecule has 2 aliphatic rings. The van der Waals surface area contributed by atoms with Gasteiger partial charge in [0, 0.05) is 31.3 Å². The number of carbonyl (C=O) groups excluding carboxylic acids is 1. The third kappa shape index (κ3) is 3.34. The van der Waals surface area contributed by atoms with Gasteiger partial charge in [-0.2, -0.15) is 23.5 Å². The molecule has 10 heteroatoms. The van der Waals surface area contributed by atoms with Crippen molar-refractivity contribution in [1.29, 1.82) is 5.26 Å². The lowest BCUT2D eigenvalue weighted by molar-refractivity contribution is -0.137. The van der Waals surface area contributed by atoms with Crippen LogP contribution in [0.3, 0.4) is 0 Å². The molecule has 0 aliphatic carbocycles. The number of anilines is 1. The van der Waals surface area contributed by atoms with E-state index >= 15 is 0 Å². The minimum atomic E-state index is -4.72. The van der Waals surface area contributed by atoms with Gasteiger partial charge in [0.05, 0.1) is 47.1 Å². The first-order chi connectivity index (χ1) is 14.1. The van der Waals surface area contributed by atoms with Crippen molar-refractivity contribution in [3.8, 4) is 6.07 Å². The summed E-state index contributed by atoms with van der Waals surface area (Å²) in [5.41, 5.74) is -0.227. The lowest BCUT2D eigenvalue weighted by atomic mass is 9.74. The Labute approximate surface area is 170 Å². The highest BCUT2D eigenvalue weighted by atomic mass is 19.4. The van der Waals surface area contributed by atoms with Gasteiger partial charge in [0.1, 0.15) is 0 Å². The van der Waals surface area contributed by atoms with E-state index in [9.17, 15) is 23.1 Å².